The molecule has 0 aliphatic heterocycles. The molecule has 4 heteroatoms. The van der Waals surface area contributed by atoms with Gasteiger partial charge in [-0.15, -0.1) is 6.42 Å². The molecule has 0 aromatic heterocycles. The van der Waals surface area contributed by atoms with E-state index in [-0.39, 0.29) is 11.1 Å². The molecule has 0 heterocycles. The number of carbonyl (C=O) groups excluding carboxylic acids is 1. The van der Waals surface area contributed by atoms with Crippen molar-refractivity contribution in [2.24, 2.45) is 0 Å². The van der Waals surface area contributed by atoms with Crippen molar-refractivity contribution < 1.29 is 14.7 Å². The molecule has 0 saturated carbocycles. The molecule has 0 aliphatic carbocycles. The number of hydrogen-bond donors (Lipinski definition) is 2. The number of benzene rings is 1. The first-order valence-electron chi connectivity index (χ1n) is 4.65. The van der Waals surface area contributed by atoms with Crippen LogP contribution in [0.5, 0.6) is 0 Å². The lowest BCUT2D eigenvalue weighted by atomic mass is 10.1. The first-order valence-corrected chi connectivity index (χ1v) is 4.65. The first-order chi connectivity index (χ1) is 7.56. The van der Waals surface area contributed by atoms with Crippen LogP contribution >= 0.6 is 0 Å². The lowest BCUT2D eigenvalue weighted by molar-refractivity contribution is 0.0691. The average Bonchev–Trinajstić information content (AvgIpc) is 2.28. The normalized spacial score (nSPS) is 11.2. The van der Waals surface area contributed by atoms with E-state index < -0.39 is 17.9 Å². The van der Waals surface area contributed by atoms with E-state index in [1.54, 1.807) is 19.1 Å². The number of rotatable bonds is 3. The van der Waals surface area contributed by atoms with Crippen molar-refractivity contribution in [3.8, 4) is 12.3 Å². The van der Waals surface area contributed by atoms with E-state index in [1.807, 2.05) is 0 Å². The van der Waals surface area contributed by atoms with Gasteiger partial charge in [0.15, 0.2) is 0 Å². The van der Waals surface area contributed by atoms with Crippen LogP contribution in [0.15, 0.2) is 24.3 Å². The summed E-state index contributed by atoms with van der Waals surface area (Å²) in [6.07, 6.45) is 5.12. The van der Waals surface area contributed by atoms with Gasteiger partial charge >= 0.3 is 5.97 Å². The standard InChI is InChI=1S/C12H11NO3/c1-3-8(2)13-11(14)9-6-4-5-7-10(9)12(15)16/h1,4-8H,2H3,(H,13,14)(H,15,16). The Labute approximate surface area is 93.3 Å². The maximum absolute atomic E-state index is 11.7. The Kier molecular flexibility index (Phi) is 3.67. The van der Waals surface area contributed by atoms with Crippen molar-refractivity contribution in [2.75, 3.05) is 0 Å². The van der Waals surface area contributed by atoms with Crippen molar-refractivity contribution >= 4 is 11.9 Å². The predicted molar refractivity (Wildman–Crippen MR) is 59.2 cm³/mol. The third-order valence-electron chi connectivity index (χ3n) is 2.00. The quantitative estimate of drug-likeness (QED) is 0.746. The van der Waals surface area contributed by atoms with Crippen LogP contribution in [0.25, 0.3) is 0 Å². The monoisotopic (exact) mass is 217 g/mol. The molecule has 4 nitrogen and oxygen atoms in total. The molecule has 0 radical (unpaired) electrons. The highest BCUT2D eigenvalue weighted by molar-refractivity contribution is 6.04. The highest BCUT2D eigenvalue weighted by Gasteiger charge is 2.16. The fourth-order valence-corrected chi connectivity index (χ4v) is 1.18. The van der Waals surface area contributed by atoms with Gasteiger partial charge in [-0.05, 0) is 19.1 Å². The van der Waals surface area contributed by atoms with Crippen LogP contribution in [0.1, 0.15) is 27.6 Å². The number of terminal acetylenes is 1. The number of hydrogen-bond acceptors (Lipinski definition) is 2. The van der Waals surface area contributed by atoms with Gasteiger partial charge in [-0.2, -0.15) is 0 Å². The second-order valence-corrected chi connectivity index (χ2v) is 3.21. The number of amides is 1. The van der Waals surface area contributed by atoms with Crippen LogP contribution in [0.3, 0.4) is 0 Å². The molecular weight excluding hydrogens is 206 g/mol. The fraction of sp³-hybridized carbons (Fsp3) is 0.167. The number of carbonyl (C=O) groups is 2. The zero-order valence-corrected chi connectivity index (χ0v) is 8.73. The Bertz CT molecular complexity index is 460. The number of carboxylic acid groups (broad SMARTS) is 1. The van der Waals surface area contributed by atoms with E-state index >= 15 is 0 Å². The van der Waals surface area contributed by atoms with E-state index in [9.17, 15) is 9.59 Å². The molecule has 82 valence electrons. The van der Waals surface area contributed by atoms with Crippen molar-refractivity contribution in [3.63, 3.8) is 0 Å². The van der Waals surface area contributed by atoms with Crippen LogP contribution in [0.2, 0.25) is 0 Å². The molecule has 0 spiro atoms. The Balaban J connectivity index is 3.00. The highest BCUT2D eigenvalue weighted by Crippen LogP contribution is 2.08. The lowest BCUT2D eigenvalue weighted by Gasteiger charge is -2.09. The minimum Gasteiger partial charge on any atom is -0.478 e. The largest absolute Gasteiger partial charge is 0.478 e. The van der Waals surface area contributed by atoms with Crippen molar-refractivity contribution in [3.05, 3.63) is 35.4 Å². The van der Waals surface area contributed by atoms with E-state index in [0.717, 1.165) is 0 Å². The molecule has 0 aliphatic rings. The molecule has 0 bridgehead atoms. The van der Waals surface area contributed by atoms with Gasteiger partial charge in [0.05, 0.1) is 17.2 Å². The molecular formula is C12H11NO3. The van der Waals surface area contributed by atoms with Gasteiger partial charge in [-0.3, -0.25) is 4.79 Å². The molecule has 1 unspecified atom stereocenters. The molecule has 2 N–H and O–H groups in total. The second-order valence-electron chi connectivity index (χ2n) is 3.21. The van der Waals surface area contributed by atoms with Gasteiger partial charge in [0.25, 0.3) is 5.91 Å². The molecule has 1 amide bonds. The summed E-state index contributed by atoms with van der Waals surface area (Å²) in [6.45, 7) is 1.64. The summed E-state index contributed by atoms with van der Waals surface area (Å²) < 4.78 is 0. The lowest BCUT2D eigenvalue weighted by Crippen LogP contribution is -2.32. The summed E-state index contributed by atoms with van der Waals surface area (Å²) in [7, 11) is 0. The minimum absolute atomic E-state index is 0.0378. The van der Waals surface area contributed by atoms with Gasteiger partial charge in [0.2, 0.25) is 0 Å². The summed E-state index contributed by atoms with van der Waals surface area (Å²) in [5, 5.41) is 11.4. The maximum Gasteiger partial charge on any atom is 0.336 e. The molecule has 0 saturated heterocycles. The van der Waals surface area contributed by atoms with E-state index in [4.69, 9.17) is 11.5 Å². The maximum atomic E-state index is 11.7. The van der Waals surface area contributed by atoms with Crippen molar-refractivity contribution in [1.29, 1.82) is 0 Å². The van der Waals surface area contributed by atoms with Crippen LogP contribution < -0.4 is 5.32 Å². The minimum atomic E-state index is -1.14. The number of nitrogens with one attached hydrogen (secondary N) is 1. The predicted octanol–water partition coefficient (Wildman–Crippen LogP) is 1.14. The Morgan fingerprint density at radius 2 is 1.94 bits per heavy atom. The summed E-state index contributed by atoms with van der Waals surface area (Å²) in [5.74, 6) is 0.712. The zero-order valence-electron chi connectivity index (χ0n) is 8.73. The molecule has 1 rings (SSSR count). The van der Waals surface area contributed by atoms with Crippen LogP contribution in [-0.4, -0.2) is 23.0 Å². The van der Waals surface area contributed by atoms with Crippen molar-refractivity contribution in [1.82, 2.24) is 5.32 Å². The van der Waals surface area contributed by atoms with Gasteiger partial charge in [-0.1, -0.05) is 18.1 Å². The van der Waals surface area contributed by atoms with Crippen LogP contribution in [-0.2, 0) is 0 Å². The fourth-order valence-electron chi connectivity index (χ4n) is 1.18. The molecule has 1 aromatic carbocycles. The van der Waals surface area contributed by atoms with Crippen LogP contribution in [0.4, 0.5) is 0 Å². The smallest absolute Gasteiger partial charge is 0.336 e. The third kappa shape index (κ3) is 2.61. The highest BCUT2D eigenvalue weighted by atomic mass is 16.4. The summed E-state index contributed by atoms with van der Waals surface area (Å²) in [5.41, 5.74) is 0.0707. The van der Waals surface area contributed by atoms with E-state index in [1.165, 1.54) is 12.1 Å². The Morgan fingerprint density at radius 1 is 1.38 bits per heavy atom. The Morgan fingerprint density at radius 3 is 2.44 bits per heavy atom. The topological polar surface area (TPSA) is 66.4 Å². The van der Waals surface area contributed by atoms with Gasteiger partial charge in [0.1, 0.15) is 0 Å². The van der Waals surface area contributed by atoms with Gasteiger partial charge < -0.3 is 10.4 Å². The molecule has 0 fully saturated rings. The van der Waals surface area contributed by atoms with Gasteiger partial charge in [-0.25, -0.2) is 4.79 Å². The van der Waals surface area contributed by atoms with E-state index in [0.29, 0.717) is 0 Å². The zero-order chi connectivity index (χ0) is 12.1. The summed E-state index contributed by atoms with van der Waals surface area (Å²) in [4.78, 5) is 22.5. The Hall–Kier alpha value is -2.28. The first kappa shape index (κ1) is 11.8. The number of aromatic carboxylic acids is 1. The van der Waals surface area contributed by atoms with Crippen molar-refractivity contribution in [2.45, 2.75) is 13.0 Å². The molecule has 1 atom stereocenters. The van der Waals surface area contributed by atoms with Gasteiger partial charge in [0, 0.05) is 0 Å². The molecule has 1 aromatic rings. The summed E-state index contributed by atoms with van der Waals surface area (Å²) in [6, 6.07) is 5.54. The molecule has 16 heavy (non-hydrogen) atoms. The van der Waals surface area contributed by atoms with Crippen LogP contribution in [0, 0.1) is 12.3 Å². The number of carboxylic acids is 1. The summed E-state index contributed by atoms with van der Waals surface area (Å²) >= 11 is 0. The van der Waals surface area contributed by atoms with E-state index in [2.05, 4.69) is 11.2 Å². The second kappa shape index (κ2) is 4.99. The average molecular weight is 217 g/mol. The third-order valence-corrected chi connectivity index (χ3v) is 2.00. The SMILES string of the molecule is C#CC(C)NC(=O)c1ccccc1C(=O)O.